The number of ether oxygens (including phenoxy) is 1. The molecule has 0 spiro atoms. The highest BCUT2D eigenvalue weighted by atomic mass is 16.6. The molecule has 0 aliphatic carbocycles. The second-order valence-electron chi connectivity index (χ2n) is 2.60. The summed E-state index contributed by atoms with van der Waals surface area (Å²) < 4.78 is 4.86. The van der Waals surface area contributed by atoms with Crippen LogP contribution in [0.5, 0.6) is 0 Å². The fourth-order valence-corrected chi connectivity index (χ4v) is 1.17. The van der Waals surface area contributed by atoms with Gasteiger partial charge in [0.05, 0.1) is 0 Å². The third-order valence-electron chi connectivity index (χ3n) is 1.81. The number of carbonyl (C=O) groups is 1. The number of pyridine rings is 1. The molecule has 0 saturated heterocycles. The Kier molecular flexibility index (Phi) is 1.46. The average Bonchev–Trinajstić information content (AvgIpc) is 2.12. The average molecular weight is 164 g/mol. The van der Waals surface area contributed by atoms with Crippen LogP contribution in [0.4, 0.5) is 10.6 Å². The Hall–Kier alpha value is -1.58. The third-order valence-corrected chi connectivity index (χ3v) is 1.81. The molecule has 0 bridgehead atoms. The van der Waals surface area contributed by atoms with E-state index in [1.54, 1.807) is 13.2 Å². The second-order valence-corrected chi connectivity index (χ2v) is 2.60. The van der Waals surface area contributed by atoms with Crippen molar-refractivity contribution in [1.82, 2.24) is 4.98 Å². The van der Waals surface area contributed by atoms with Crippen LogP contribution in [0.15, 0.2) is 18.3 Å². The van der Waals surface area contributed by atoms with Gasteiger partial charge in [-0.1, -0.05) is 6.07 Å². The van der Waals surface area contributed by atoms with E-state index in [4.69, 9.17) is 4.74 Å². The van der Waals surface area contributed by atoms with E-state index in [1.165, 1.54) is 4.90 Å². The Morgan fingerprint density at radius 1 is 1.67 bits per heavy atom. The summed E-state index contributed by atoms with van der Waals surface area (Å²) in [6, 6.07) is 3.72. The van der Waals surface area contributed by atoms with Crippen molar-refractivity contribution in [2.75, 3.05) is 11.9 Å². The molecule has 0 fully saturated rings. The molecule has 0 atom stereocenters. The number of rotatable bonds is 0. The first-order valence-electron chi connectivity index (χ1n) is 3.63. The highest BCUT2D eigenvalue weighted by Gasteiger charge is 2.22. The van der Waals surface area contributed by atoms with Gasteiger partial charge in [-0.3, -0.25) is 4.90 Å². The van der Waals surface area contributed by atoms with E-state index in [1.807, 2.05) is 12.1 Å². The predicted molar refractivity (Wildman–Crippen MR) is 42.8 cm³/mol. The van der Waals surface area contributed by atoms with Gasteiger partial charge >= 0.3 is 6.09 Å². The fraction of sp³-hybridized carbons (Fsp3) is 0.250. The number of hydrogen-bond donors (Lipinski definition) is 0. The second kappa shape index (κ2) is 2.48. The van der Waals surface area contributed by atoms with Gasteiger partial charge in [-0.15, -0.1) is 0 Å². The lowest BCUT2D eigenvalue weighted by molar-refractivity contribution is 0.143. The van der Waals surface area contributed by atoms with Crippen LogP contribution in [0.1, 0.15) is 5.56 Å². The van der Waals surface area contributed by atoms with Gasteiger partial charge < -0.3 is 4.74 Å². The molecule has 0 radical (unpaired) electrons. The number of nitrogens with zero attached hydrogens (tertiary/aromatic N) is 2. The van der Waals surface area contributed by atoms with Crippen molar-refractivity contribution < 1.29 is 9.53 Å². The van der Waals surface area contributed by atoms with E-state index < -0.39 is 0 Å². The largest absolute Gasteiger partial charge is 0.444 e. The lowest BCUT2D eigenvalue weighted by Crippen LogP contribution is -2.32. The molecule has 0 N–H and O–H groups in total. The Bertz CT molecular complexity index is 325. The number of anilines is 1. The minimum atomic E-state index is -0.346. The molecule has 1 aliphatic rings. The minimum Gasteiger partial charge on any atom is -0.444 e. The molecule has 4 heteroatoms. The van der Waals surface area contributed by atoms with Crippen molar-refractivity contribution in [2.45, 2.75) is 6.61 Å². The normalized spacial score (nSPS) is 15.4. The first-order chi connectivity index (χ1) is 5.79. The zero-order chi connectivity index (χ0) is 8.55. The first-order valence-corrected chi connectivity index (χ1v) is 3.63. The number of aromatic nitrogens is 1. The van der Waals surface area contributed by atoms with Crippen molar-refractivity contribution in [1.29, 1.82) is 0 Å². The number of hydrogen-bond acceptors (Lipinski definition) is 3. The molecule has 2 heterocycles. The molecule has 0 aromatic carbocycles. The van der Waals surface area contributed by atoms with E-state index in [2.05, 4.69) is 4.98 Å². The lowest BCUT2D eigenvalue weighted by Gasteiger charge is -2.23. The quantitative estimate of drug-likeness (QED) is 0.578. The van der Waals surface area contributed by atoms with Crippen molar-refractivity contribution >= 4 is 11.9 Å². The molecular weight excluding hydrogens is 156 g/mol. The number of amides is 1. The number of carbonyl (C=O) groups excluding carboxylic acids is 1. The molecule has 1 amide bonds. The molecule has 4 nitrogen and oxygen atoms in total. The summed E-state index contributed by atoms with van der Waals surface area (Å²) in [4.78, 5) is 16.5. The van der Waals surface area contributed by atoms with E-state index >= 15 is 0 Å². The van der Waals surface area contributed by atoms with Crippen molar-refractivity contribution in [2.24, 2.45) is 0 Å². The SMILES string of the molecule is CN1C(=O)OCc2cccnc21. The lowest BCUT2D eigenvalue weighted by atomic mass is 10.2. The van der Waals surface area contributed by atoms with Gasteiger partial charge in [-0.2, -0.15) is 0 Å². The van der Waals surface area contributed by atoms with Crippen LogP contribution in [0.25, 0.3) is 0 Å². The van der Waals surface area contributed by atoms with E-state index in [9.17, 15) is 4.79 Å². The van der Waals surface area contributed by atoms with Gasteiger partial charge in [0.15, 0.2) is 0 Å². The summed E-state index contributed by atoms with van der Waals surface area (Å²) >= 11 is 0. The summed E-state index contributed by atoms with van der Waals surface area (Å²) in [7, 11) is 1.65. The van der Waals surface area contributed by atoms with E-state index in [0.29, 0.717) is 12.4 Å². The number of fused-ring (bicyclic) bond motifs is 1. The molecule has 62 valence electrons. The Morgan fingerprint density at radius 3 is 3.33 bits per heavy atom. The molecule has 1 aromatic rings. The van der Waals surface area contributed by atoms with Gasteiger partial charge in [-0.05, 0) is 6.07 Å². The van der Waals surface area contributed by atoms with Gasteiger partial charge in [-0.25, -0.2) is 9.78 Å². The maximum Gasteiger partial charge on any atom is 0.415 e. The van der Waals surface area contributed by atoms with Crippen LogP contribution < -0.4 is 4.90 Å². The van der Waals surface area contributed by atoms with Crippen molar-refractivity contribution in [3.8, 4) is 0 Å². The van der Waals surface area contributed by atoms with Crippen molar-refractivity contribution in [3.63, 3.8) is 0 Å². The smallest absolute Gasteiger partial charge is 0.415 e. The fourth-order valence-electron chi connectivity index (χ4n) is 1.17. The molecule has 0 unspecified atom stereocenters. The van der Waals surface area contributed by atoms with E-state index in [0.717, 1.165) is 5.56 Å². The minimum absolute atomic E-state index is 0.326. The molecule has 1 aromatic heterocycles. The van der Waals surface area contributed by atoms with Gasteiger partial charge in [0.2, 0.25) is 0 Å². The van der Waals surface area contributed by atoms with Crippen LogP contribution in [0, 0.1) is 0 Å². The van der Waals surface area contributed by atoms with Crippen LogP contribution in [0.3, 0.4) is 0 Å². The monoisotopic (exact) mass is 164 g/mol. The van der Waals surface area contributed by atoms with Crippen molar-refractivity contribution in [3.05, 3.63) is 23.9 Å². The van der Waals surface area contributed by atoms with Crippen LogP contribution in [0.2, 0.25) is 0 Å². The standard InChI is InChI=1S/C8H8N2O2/c1-10-7-6(3-2-4-9-7)5-12-8(10)11/h2-4H,5H2,1H3. The Balaban J connectivity index is 2.48. The topological polar surface area (TPSA) is 42.4 Å². The molecule has 1 aliphatic heterocycles. The molecule has 0 saturated carbocycles. The van der Waals surface area contributed by atoms with Gasteiger partial charge in [0.1, 0.15) is 12.4 Å². The highest BCUT2D eigenvalue weighted by molar-refractivity contribution is 5.88. The van der Waals surface area contributed by atoms with Gasteiger partial charge in [0, 0.05) is 18.8 Å². The number of cyclic esters (lactones) is 1. The third kappa shape index (κ3) is 0.922. The summed E-state index contributed by atoms with van der Waals surface area (Å²) in [5.41, 5.74) is 0.944. The molecule has 2 rings (SSSR count). The van der Waals surface area contributed by atoms with Crippen LogP contribution in [-0.4, -0.2) is 18.1 Å². The zero-order valence-electron chi connectivity index (χ0n) is 6.65. The van der Waals surface area contributed by atoms with E-state index in [-0.39, 0.29) is 6.09 Å². The highest BCUT2D eigenvalue weighted by Crippen LogP contribution is 2.21. The maximum atomic E-state index is 11.0. The maximum absolute atomic E-state index is 11.0. The Morgan fingerprint density at radius 2 is 2.50 bits per heavy atom. The predicted octanol–water partition coefficient (Wildman–Crippen LogP) is 1.17. The Labute approximate surface area is 69.8 Å². The van der Waals surface area contributed by atoms with Crippen LogP contribution >= 0.6 is 0 Å². The summed E-state index contributed by atoms with van der Waals surface area (Å²) in [5.74, 6) is 0.689. The molecular formula is C8H8N2O2. The summed E-state index contributed by atoms with van der Waals surface area (Å²) in [6.07, 6.45) is 1.31. The van der Waals surface area contributed by atoms with Gasteiger partial charge in [0.25, 0.3) is 0 Å². The first kappa shape index (κ1) is 7.09. The summed E-state index contributed by atoms with van der Waals surface area (Å²) in [6.45, 7) is 0.326. The summed E-state index contributed by atoms with van der Waals surface area (Å²) in [5, 5.41) is 0. The molecule has 12 heavy (non-hydrogen) atoms. The zero-order valence-corrected chi connectivity index (χ0v) is 6.65. The van der Waals surface area contributed by atoms with Crippen LogP contribution in [-0.2, 0) is 11.3 Å².